The molecular formula is C14H17BrN2O2. The van der Waals surface area contributed by atoms with Crippen LogP contribution in [0.1, 0.15) is 11.5 Å². The molecule has 0 spiro atoms. The first-order valence-electron chi connectivity index (χ1n) is 6.11. The van der Waals surface area contributed by atoms with E-state index in [2.05, 4.69) is 39.2 Å². The molecule has 0 aliphatic rings. The molecule has 102 valence electrons. The molecule has 0 aliphatic carbocycles. The monoisotopic (exact) mass is 324 g/mol. The van der Waals surface area contributed by atoms with Gasteiger partial charge < -0.3 is 14.5 Å². The molecule has 0 unspecified atom stereocenters. The quantitative estimate of drug-likeness (QED) is 0.829. The van der Waals surface area contributed by atoms with Crippen LogP contribution in [0.5, 0.6) is 0 Å². The van der Waals surface area contributed by atoms with Crippen LogP contribution in [-0.4, -0.2) is 25.2 Å². The van der Waals surface area contributed by atoms with Gasteiger partial charge in [-0.2, -0.15) is 0 Å². The number of aryl methyl sites for hydroxylation is 1. The van der Waals surface area contributed by atoms with Crippen molar-refractivity contribution in [3.63, 3.8) is 0 Å². The minimum absolute atomic E-state index is 0.610. The number of aromatic nitrogens is 1. The molecule has 0 amide bonds. The fraction of sp³-hybridized carbons (Fsp3) is 0.357. The summed E-state index contributed by atoms with van der Waals surface area (Å²) in [5, 5.41) is 3.20. The second-order valence-electron chi connectivity index (χ2n) is 4.25. The number of oxazole rings is 1. The van der Waals surface area contributed by atoms with Crippen molar-refractivity contribution in [1.82, 2.24) is 10.3 Å². The van der Waals surface area contributed by atoms with E-state index in [0.29, 0.717) is 19.0 Å². The zero-order valence-electron chi connectivity index (χ0n) is 11.1. The van der Waals surface area contributed by atoms with Crippen LogP contribution in [-0.2, 0) is 11.3 Å². The minimum Gasteiger partial charge on any atom is -0.439 e. The van der Waals surface area contributed by atoms with Crippen LogP contribution >= 0.6 is 15.9 Å². The molecular weight excluding hydrogens is 308 g/mol. The fourth-order valence-electron chi connectivity index (χ4n) is 1.69. The van der Waals surface area contributed by atoms with Gasteiger partial charge in [0.15, 0.2) is 5.76 Å². The highest BCUT2D eigenvalue weighted by Gasteiger charge is 2.07. The summed E-state index contributed by atoms with van der Waals surface area (Å²) in [5.41, 5.74) is 2.21. The smallest absolute Gasteiger partial charge is 0.208 e. The van der Waals surface area contributed by atoms with E-state index in [1.54, 1.807) is 13.3 Å². The summed E-state index contributed by atoms with van der Waals surface area (Å²) in [5.74, 6) is 1.48. The lowest BCUT2D eigenvalue weighted by atomic mass is 10.1. The molecule has 0 bridgehead atoms. The number of benzene rings is 1. The maximum Gasteiger partial charge on any atom is 0.208 e. The van der Waals surface area contributed by atoms with Crippen LogP contribution in [0.3, 0.4) is 0 Å². The maximum absolute atomic E-state index is 5.72. The van der Waals surface area contributed by atoms with Gasteiger partial charge in [0.2, 0.25) is 5.89 Å². The average Bonchev–Trinajstić information content (AvgIpc) is 2.87. The topological polar surface area (TPSA) is 47.3 Å². The molecule has 19 heavy (non-hydrogen) atoms. The van der Waals surface area contributed by atoms with Gasteiger partial charge in [-0.3, -0.25) is 0 Å². The molecule has 2 rings (SSSR count). The normalized spacial score (nSPS) is 10.9. The van der Waals surface area contributed by atoms with Crippen molar-refractivity contribution in [2.24, 2.45) is 0 Å². The van der Waals surface area contributed by atoms with Crippen LogP contribution in [0.4, 0.5) is 0 Å². The first kappa shape index (κ1) is 14.2. The van der Waals surface area contributed by atoms with Gasteiger partial charge in [-0.15, -0.1) is 0 Å². The van der Waals surface area contributed by atoms with Crippen molar-refractivity contribution < 1.29 is 9.15 Å². The van der Waals surface area contributed by atoms with Crippen LogP contribution in [0.15, 0.2) is 33.3 Å². The van der Waals surface area contributed by atoms with Gasteiger partial charge in [-0.05, 0) is 24.6 Å². The second-order valence-corrected chi connectivity index (χ2v) is 5.11. The van der Waals surface area contributed by atoms with Gasteiger partial charge in [-0.25, -0.2) is 4.98 Å². The Morgan fingerprint density at radius 2 is 2.26 bits per heavy atom. The van der Waals surface area contributed by atoms with Crippen molar-refractivity contribution in [3.8, 4) is 11.3 Å². The number of halogens is 1. The average molecular weight is 325 g/mol. The Morgan fingerprint density at radius 1 is 1.42 bits per heavy atom. The largest absolute Gasteiger partial charge is 0.439 e. The number of nitrogens with one attached hydrogen (secondary N) is 1. The van der Waals surface area contributed by atoms with Crippen LogP contribution in [0, 0.1) is 6.92 Å². The molecule has 1 N–H and O–H groups in total. The predicted octanol–water partition coefficient (Wildman–Crippen LogP) is 3.15. The van der Waals surface area contributed by atoms with Crippen molar-refractivity contribution in [1.29, 1.82) is 0 Å². The summed E-state index contributed by atoms with van der Waals surface area (Å²) >= 11 is 3.49. The Bertz CT molecular complexity index is 540. The van der Waals surface area contributed by atoms with E-state index in [0.717, 1.165) is 22.3 Å². The lowest BCUT2D eigenvalue weighted by Crippen LogP contribution is -2.18. The molecule has 1 aromatic carbocycles. The molecule has 0 atom stereocenters. The highest BCUT2D eigenvalue weighted by molar-refractivity contribution is 9.10. The number of hydrogen-bond acceptors (Lipinski definition) is 4. The summed E-state index contributed by atoms with van der Waals surface area (Å²) in [4.78, 5) is 4.26. The highest BCUT2D eigenvalue weighted by atomic mass is 79.9. The van der Waals surface area contributed by atoms with Crippen LogP contribution in [0.25, 0.3) is 11.3 Å². The summed E-state index contributed by atoms with van der Waals surface area (Å²) in [7, 11) is 1.68. The Kier molecular flexibility index (Phi) is 5.13. The van der Waals surface area contributed by atoms with E-state index in [-0.39, 0.29) is 0 Å². The molecule has 5 heteroatoms. The number of hydrogen-bond donors (Lipinski definition) is 1. The van der Waals surface area contributed by atoms with E-state index in [9.17, 15) is 0 Å². The van der Waals surface area contributed by atoms with Gasteiger partial charge >= 0.3 is 0 Å². The van der Waals surface area contributed by atoms with Gasteiger partial charge in [0, 0.05) is 23.7 Å². The van der Waals surface area contributed by atoms with E-state index in [1.165, 1.54) is 5.56 Å². The van der Waals surface area contributed by atoms with E-state index in [4.69, 9.17) is 9.15 Å². The van der Waals surface area contributed by atoms with E-state index in [1.807, 2.05) is 12.1 Å². The zero-order valence-corrected chi connectivity index (χ0v) is 12.7. The Labute approximate surface area is 121 Å². The highest BCUT2D eigenvalue weighted by Crippen LogP contribution is 2.25. The van der Waals surface area contributed by atoms with Crippen molar-refractivity contribution >= 4 is 15.9 Å². The third-order valence-corrected chi connectivity index (χ3v) is 3.64. The summed E-state index contributed by atoms with van der Waals surface area (Å²) < 4.78 is 11.8. The number of methoxy groups -OCH3 is 1. The van der Waals surface area contributed by atoms with Crippen LogP contribution in [0.2, 0.25) is 0 Å². The molecule has 2 aromatic rings. The second kappa shape index (κ2) is 6.84. The number of rotatable bonds is 6. The SMILES string of the molecule is COCCNCc1ncc(-c2ccc(Br)c(C)c2)o1. The molecule has 0 saturated heterocycles. The van der Waals surface area contributed by atoms with Crippen molar-refractivity contribution in [3.05, 3.63) is 40.3 Å². The molecule has 4 nitrogen and oxygen atoms in total. The Morgan fingerprint density at radius 3 is 3.00 bits per heavy atom. The lowest BCUT2D eigenvalue weighted by molar-refractivity contribution is 0.198. The molecule has 0 radical (unpaired) electrons. The zero-order chi connectivity index (χ0) is 13.7. The minimum atomic E-state index is 0.610. The standard InChI is InChI=1S/C14H17BrN2O2/c1-10-7-11(3-4-12(10)15)13-8-17-14(19-13)9-16-5-6-18-2/h3-4,7-8,16H,5-6,9H2,1-2H3. The lowest BCUT2D eigenvalue weighted by Gasteiger charge is -2.01. The third-order valence-electron chi connectivity index (χ3n) is 2.76. The maximum atomic E-state index is 5.72. The molecule has 0 fully saturated rings. The van der Waals surface area contributed by atoms with E-state index >= 15 is 0 Å². The summed E-state index contributed by atoms with van der Waals surface area (Å²) in [6, 6.07) is 6.11. The number of nitrogens with zero attached hydrogens (tertiary/aromatic N) is 1. The van der Waals surface area contributed by atoms with Gasteiger partial charge in [0.1, 0.15) is 0 Å². The van der Waals surface area contributed by atoms with E-state index < -0.39 is 0 Å². The third kappa shape index (κ3) is 3.89. The number of ether oxygens (including phenoxy) is 1. The molecule has 0 saturated carbocycles. The Balaban J connectivity index is 2.01. The fourth-order valence-corrected chi connectivity index (χ4v) is 1.94. The molecule has 0 aliphatic heterocycles. The molecule has 1 heterocycles. The van der Waals surface area contributed by atoms with Crippen molar-refractivity contribution in [2.75, 3.05) is 20.3 Å². The van der Waals surface area contributed by atoms with Gasteiger partial charge in [-0.1, -0.05) is 22.0 Å². The van der Waals surface area contributed by atoms with Gasteiger partial charge in [0.05, 0.1) is 19.3 Å². The molecule has 1 aromatic heterocycles. The predicted molar refractivity (Wildman–Crippen MR) is 78.0 cm³/mol. The first-order valence-corrected chi connectivity index (χ1v) is 6.91. The van der Waals surface area contributed by atoms with Crippen molar-refractivity contribution in [2.45, 2.75) is 13.5 Å². The van der Waals surface area contributed by atoms with Crippen LogP contribution < -0.4 is 5.32 Å². The Hall–Kier alpha value is -1.17. The van der Waals surface area contributed by atoms with Gasteiger partial charge in [0.25, 0.3) is 0 Å². The summed E-state index contributed by atoms with van der Waals surface area (Å²) in [6.07, 6.45) is 1.76. The summed E-state index contributed by atoms with van der Waals surface area (Å²) in [6.45, 7) is 4.13. The first-order chi connectivity index (χ1) is 9.20.